The van der Waals surface area contributed by atoms with Crippen molar-refractivity contribution < 1.29 is 0 Å². The van der Waals surface area contributed by atoms with Crippen molar-refractivity contribution >= 4 is 11.5 Å². The van der Waals surface area contributed by atoms with Crippen molar-refractivity contribution in [1.29, 1.82) is 0 Å². The van der Waals surface area contributed by atoms with Gasteiger partial charge in [-0.2, -0.15) is 0 Å². The molecule has 2 rings (SSSR count). The third-order valence-corrected chi connectivity index (χ3v) is 2.36. The number of anilines is 2. The number of pyridine rings is 2. The van der Waals surface area contributed by atoms with E-state index in [1.54, 1.807) is 18.6 Å². The molecule has 0 aromatic carbocycles. The van der Waals surface area contributed by atoms with Crippen molar-refractivity contribution in [3.05, 3.63) is 48.4 Å². The van der Waals surface area contributed by atoms with E-state index in [9.17, 15) is 0 Å². The zero-order valence-corrected chi connectivity index (χ0v) is 9.85. The van der Waals surface area contributed by atoms with Crippen molar-refractivity contribution in [2.45, 2.75) is 13.5 Å². The number of rotatable bonds is 5. The molecule has 0 unspecified atom stereocenters. The molecule has 0 aliphatic rings. The number of hydrogen-bond donors (Lipinski definition) is 2. The van der Waals surface area contributed by atoms with Crippen LogP contribution >= 0.6 is 0 Å². The molecule has 17 heavy (non-hydrogen) atoms. The van der Waals surface area contributed by atoms with E-state index in [2.05, 4.69) is 27.5 Å². The second-order valence-corrected chi connectivity index (χ2v) is 3.67. The standard InChI is InChI=1S/C13H16N4/c1-2-15-13-9-12(5-8-16-13)17-10-11-3-6-14-7-4-11/h3-9H,2,10H2,1H3,(H2,15,16,17). The highest BCUT2D eigenvalue weighted by molar-refractivity contribution is 5.51. The molecule has 2 aromatic heterocycles. The molecule has 2 N–H and O–H groups in total. The quantitative estimate of drug-likeness (QED) is 0.825. The first-order valence-electron chi connectivity index (χ1n) is 5.71. The third kappa shape index (κ3) is 3.45. The van der Waals surface area contributed by atoms with Crippen LogP contribution in [0.3, 0.4) is 0 Å². The zero-order valence-electron chi connectivity index (χ0n) is 9.85. The number of aromatic nitrogens is 2. The van der Waals surface area contributed by atoms with Crippen LogP contribution in [0, 0.1) is 0 Å². The fourth-order valence-electron chi connectivity index (χ4n) is 1.52. The van der Waals surface area contributed by atoms with Crippen molar-refractivity contribution in [3.8, 4) is 0 Å². The average Bonchev–Trinajstić information content (AvgIpc) is 2.39. The Labute approximate surface area is 101 Å². The summed E-state index contributed by atoms with van der Waals surface area (Å²) in [6.07, 6.45) is 5.40. The molecule has 4 nitrogen and oxygen atoms in total. The Hall–Kier alpha value is -2.10. The van der Waals surface area contributed by atoms with E-state index in [1.807, 2.05) is 24.3 Å². The lowest BCUT2D eigenvalue weighted by molar-refractivity contribution is 1.11. The van der Waals surface area contributed by atoms with Crippen LogP contribution in [0.1, 0.15) is 12.5 Å². The van der Waals surface area contributed by atoms with Crippen LogP contribution in [0.25, 0.3) is 0 Å². The molecule has 0 radical (unpaired) electrons. The summed E-state index contributed by atoms with van der Waals surface area (Å²) in [7, 11) is 0. The van der Waals surface area contributed by atoms with Gasteiger partial charge in [0.1, 0.15) is 5.82 Å². The monoisotopic (exact) mass is 228 g/mol. The van der Waals surface area contributed by atoms with E-state index in [0.717, 1.165) is 24.6 Å². The predicted octanol–water partition coefficient (Wildman–Crippen LogP) is 2.52. The summed E-state index contributed by atoms with van der Waals surface area (Å²) in [6, 6.07) is 7.96. The predicted molar refractivity (Wildman–Crippen MR) is 70.0 cm³/mol. The van der Waals surface area contributed by atoms with Crippen molar-refractivity contribution in [3.63, 3.8) is 0 Å². The van der Waals surface area contributed by atoms with Crippen LogP contribution in [-0.4, -0.2) is 16.5 Å². The topological polar surface area (TPSA) is 49.8 Å². The Balaban J connectivity index is 1.97. The van der Waals surface area contributed by atoms with Gasteiger partial charge in [0, 0.05) is 43.4 Å². The lowest BCUT2D eigenvalue weighted by Gasteiger charge is -2.08. The Morgan fingerprint density at radius 2 is 1.88 bits per heavy atom. The van der Waals surface area contributed by atoms with Gasteiger partial charge in [-0.05, 0) is 30.7 Å². The van der Waals surface area contributed by atoms with Crippen LogP contribution in [0.15, 0.2) is 42.9 Å². The fourth-order valence-corrected chi connectivity index (χ4v) is 1.52. The summed E-state index contributed by atoms with van der Waals surface area (Å²) in [5, 5.41) is 6.54. The molecule has 2 heterocycles. The first-order chi connectivity index (χ1) is 8.38. The molecule has 0 spiro atoms. The van der Waals surface area contributed by atoms with E-state index < -0.39 is 0 Å². The molecule has 0 amide bonds. The molecule has 0 aliphatic carbocycles. The Morgan fingerprint density at radius 1 is 1.06 bits per heavy atom. The van der Waals surface area contributed by atoms with Crippen LogP contribution < -0.4 is 10.6 Å². The first kappa shape index (κ1) is 11.4. The smallest absolute Gasteiger partial charge is 0.127 e. The molecule has 0 bridgehead atoms. The molecule has 88 valence electrons. The molecule has 0 aliphatic heterocycles. The Bertz CT molecular complexity index is 456. The van der Waals surface area contributed by atoms with Crippen molar-refractivity contribution in [1.82, 2.24) is 9.97 Å². The van der Waals surface area contributed by atoms with E-state index >= 15 is 0 Å². The number of nitrogens with one attached hydrogen (secondary N) is 2. The van der Waals surface area contributed by atoms with E-state index in [-0.39, 0.29) is 0 Å². The molecule has 0 saturated carbocycles. The molecule has 0 fully saturated rings. The summed E-state index contributed by atoms with van der Waals surface area (Å²) >= 11 is 0. The highest BCUT2D eigenvalue weighted by atomic mass is 15.0. The number of hydrogen-bond acceptors (Lipinski definition) is 4. The lowest BCUT2D eigenvalue weighted by atomic mass is 10.2. The normalized spacial score (nSPS) is 9.94. The van der Waals surface area contributed by atoms with Crippen LogP contribution in [0.5, 0.6) is 0 Å². The summed E-state index contributed by atoms with van der Waals surface area (Å²) < 4.78 is 0. The van der Waals surface area contributed by atoms with Gasteiger partial charge >= 0.3 is 0 Å². The van der Waals surface area contributed by atoms with Gasteiger partial charge in [0.25, 0.3) is 0 Å². The maximum Gasteiger partial charge on any atom is 0.127 e. The molecule has 4 heteroatoms. The van der Waals surface area contributed by atoms with Crippen molar-refractivity contribution in [2.75, 3.05) is 17.2 Å². The molecular formula is C13H16N4. The Kier molecular flexibility index (Phi) is 3.91. The molecule has 2 aromatic rings. The second-order valence-electron chi connectivity index (χ2n) is 3.67. The van der Waals surface area contributed by atoms with E-state index in [4.69, 9.17) is 0 Å². The third-order valence-electron chi connectivity index (χ3n) is 2.36. The second kappa shape index (κ2) is 5.84. The van der Waals surface area contributed by atoms with Crippen molar-refractivity contribution in [2.24, 2.45) is 0 Å². The van der Waals surface area contributed by atoms with Gasteiger partial charge < -0.3 is 10.6 Å². The maximum atomic E-state index is 4.22. The Morgan fingerprint density at radius 3 is 2.65 bits per heavy atom. The van der Waals surface area contributed by atoms with E-state index in [0.29, 0.717) is 0 Å². The first-order valence-corrected chi connectivity index (χ1v) is 5.71. The van der Waals surface area contributed by atoms with Crippen LogP contribution in [0.2, 0.25) is 0 Å². The van der Waals surface area contributed by atoms with E-state index in [1.165, 1.54) is 5.56 Å². The van der Waals surface area contributed by atoms with Gasteiger partial charge in [-0.25, -0.2) is 4.98 Å². The van der Waals surface area contributed by atoms with Gasteiger partial charge in [-0.15, -0.1) is 0 Å². The van der Waals surface area contributed by atoms with Gasteiger partial charge in [0.2, 0.25) is 0 Å². The summed E-state index contributed by atoms with van der Waals surface area (Å²) in [5.74, 6) is 0.896. The minimum Gasteiger partial charge on any atom is -0.381 e. The summed E-state index contributed by atoms with van der Waals surface area (Å²) in [6.45, 7) is 3.72. The average molecular weight is 228 g/mol. The molecule has 0 saturated heterocycles. The fraction of sp³-hybridized carbons (Fsp3) is 0.231. The largest absolute Gasteiger partial charge is 0.381 e. The summed E-state index contributed by atoms with van der Waals surface area (Å²) in [5.41, 5.74) is 2.27. The van der Waals surface area contributed by atoms with Crippen LogP contribution in [0.4, 0.5) is 11.5 Å². The van der Waals surface area contributed by atoms with Gasteiger partial charge in [0.15, 0.2) is 0 Å². The highest BCUT2D eigenvalue weighted by Gasteiger charge is 1.96. The minimum atomic E-state index is 0.790. The van der Waals surface area contributed by atoms with Gasteiger partial charge in [0.05, 0.1) is 0 Å². The number of nitrogens with zero attached hydrogens (tertiary/aromatic N) is 2. The zero-order chi connectivity index (χ0) is 11.9. The van der Waals surface area contributed by atoms with Gasteiger partial charge in [-0.3, -0.25) is 4.98 Å². The molecule has 0 atom stereocenters. The minimum absolute atomic E-state index is 0.790. The summed E-state index contributed by atoms with van der Waals surface area (Å²) in [4.78, 5) is 8.21. The maximum absolute atomic E-state index is 4.22. The van der Waals surface area contributed by atoms with Crippen LogP contribution in [-0.2, 0) is 6.54 Å². The lowest BCUT2D eigenvalue weighted by Crippen LogP contribution is -2.02. The highest BCUT2D eigenvalue weighted by Crippen LogP contribution is 2.12. The molecular weight excluding hydrogens is 212 g/mol. The van der Waals surface area contributed by atoms with Gasteiger partial charge in [-0.1, -0.05) is 0 Å². The SMILES string of the molecule is CCNc1cc(NCc2ccncc2)ccn1.